The largest absolute Gasteiger partial charge is 0.468 e. The molecule has 1 aliphatic carbocycles. The number of ether oxygens (including phenoxy) is 1. The van der Waals surface area contributed by atoms with Gasteiger partial charge in [0, 0.05) is 56.6 Å². The van der Waals surface area contributed by atoms with Crippen LogP contribution in [-0.2, 0) is 68.8 Å². The van der Waals surface area contributed by atoms with Gasteiger partial charge in [-0.2, -0.15) is 0 Å². The van der Waals surface area contributed by atoms with Gasteiger partial charge in [-0.05, 0) is 86.8 Å². The Bertz CT molecular complexity index is 2270. The first-order valence-electron chi connectivity index (χ1n) is 23.2. The van der Waals surface area contributed by atoms with Gasteiger partial charge < -0.3 is 46.2 Å². The van der Waals surface area contributed by atoms with Crippen molar-refractivity contribution in [2.45, 2.75) is 112 Å². The molecule has 2 aromatic rings. The highest BCUT2D eigenvalue weighted by Gasteiger charge is 2.51. The summed E-state index contributed by atoms with van der Waals surface area (Å²) in [5.74, 6) is -1.61. The maximum atomic E-state index is 15.3. The highest BCUT2D eigenvalue weighted by Crippen LogP contribution is 2.71. The van der Waals surface area contributed by atoms with Crippen LogP contribution in [0, 0.1) is 5.82 Å². The number of nitrogens with zero attached hydrogens (tertiary/aromatic N) is 3. The first kappa shape index (κ1) is 63.3. The van der Waals surface area contributed by atoms with Gasteiger partial charge in [0.15, 0.2) is 29.0 Å². The summed E-state index contributed by atoms with van der Waals surface area (Å²) in [6.45, 7) is 16.3. The fourth-order valence-electron chi connectivity index (χ4n) is 7.18. The number of halogens is 2. The third-order valence-electron chi connectivity index (χ3n) is 10.4. The number of fused-ring (bicyclic) bond motifs is 1. The first-order valence-corrected chi connectivity index (χ1v) is 30.3. The number of alkyl halides is 1. The molecule has 1 saturated carbocycles. The zero-order chi connectivity index (χ0) is 52.8. The molecule has 70 heavy (non-hydrogen) atoms. The predicted octanol–water partition coefficient (Wildman–Crippen LogP) is 10.3. The molecule has 1 aliphatic heterocycles. The number of carbonyl (C=O) groups is 4. The van der Waals surface area contributed by atoms with Crippen molar-refractivity contribution in [3.05, 3.63) is 39.9 Å². The van der Waals surface area contributed by atoms with Crippen molar-refractivity contribution in [3.8, 4) is 0 Å². The van der Waals surface area contributed by atoms with Gasteiger partial charge in [0.25, 0.3) is 0 Å². The van der Waals surface area contributed by atoms with Gasteiger partial charge in [0.2, 0.25) is 0 Å². The molecule has 1 unspecified atom stereocenters. The number of pyridine rings is 1. The second-order valence-corrected chi connectivity index (χ2v) is 23.8. The fourth-order valence-corrected chi connectivity index (χ4v) is 15.0. The van der Waals surface area contributed by atoms with E-state index in [9.17, 15) is 46.8 Å². The minimum Gasteiger partial charge on any atom is -0.441 e. The number of anilines is 1. The average Bonchev–Trinajstić information content (AvgIpc) is 4.16. The molecule has 1 aromatic carbocycles. The number of aromatic nitrogens is 1. The van der Waals surface area contributed by atoms with E-state index in [2.05, 4.69) is 20.5 Å². The van der Waals surface area contributed by atoms with Gasteiger partial charge in [-0.25, -0.2) is 18.3 Å². The van der Waals surface area contributed by atoms with E-state index in [1.807, 2.05) is 4.57 Å². The Morgan fingerprint density at radius 2 is 1.24 bits per heavy atom. The van der Waals surface area contributed by atoms with Crippen LogP contribution in [0.15, 0.2) is 23.1 Å². The Labute approximate surface area is 418 Å². The summed E-state index contributed by atoms with van der Waals surface area (Å²) in [7, 11) is -13.7. The van der Waals surface area contributed by atoms with Crippen LogP contribution in [-0.4, -0.2) is 128 Å². The van der Waals surface area contributed by atoms with E-state index in [1.54, 1.807) is 72.6 Å². The maximum Gasteiger partial charge on any atom is 0.468 e. The lowest BCUT2D eigenvalue weighted by molar-refractivity contribution is -0.122. The normalized spacial score (nSPS) is 14.6. The smallest absolute Gasteiger partial charge is 0.441 e. The molecule has 2 aliphatic rings. The lowest BCUT2D eigenvalue weighted by atomic mass is 10.1. The molecule has 398 valence electrons. The summed E-state index contributed by atoms with van der Waals surface area (Å²) < 4.78 is 116. The number of Topliss-reactive ketones (excluding diaryl/α,β-unsaturated/α-hetero) is 3. The van der Waals surface area contributed by atoms with Gasteiger partial charge >= 0.3 is 36.8 Å². The number of ketones is 3. The van der Waals surface area contributed by atoms with Crippen molar-refractivity contribution in [1.82, 2.24) is 9.47 Å². The Morgan fingerprint density at radius 3 is 1.64 bits per heavy atom. The van der Waals surface area contributed by atoms with E-state index in [1.165, 1.54) is 17.9 Å². The second kappa shape index (κ2) is 31.1. The van der Waals surface area contributed by atoms with E-state index >= 15 is 4.39 Å². The number of rotatable bonds is 28. The van der Waals surface area contributed by atoms with E-state index < -0.39 is 65.7 Å². The molecule has 0 radical (unpaired) electrons. The van der Waals surface area contributed by atoms with E-state index in [4.69, 9.17) is 31.9 Å². The standard InChI is InChI=1S/C29H39FN3O8P.C12H25BrO7P2.C2H5O3P/c1-5-22(42(38,40-6-2)41-7-3)14-21(35)18-39-29(37)32-12-10-31(11-13-32)27-16-26-23(15-25(27)30)28(36)24(19(4)34)17-33(26)20-8-9-20;1-5-17-21(15,18-6-2)12(9-11(14)10-13)22(16,19-7-3)20-8-4;1-2-5-6(3)4/h15-17,20,22H,5-14,18H2,1-4H3;12H,5-10H2,1-4H3;2H2,1H3. The van der Waals surface area contributed by atoms with Gasteiger partial charge in [0.05, 0.1) is 74.0 Å². The topological polar surface area (TPSA) is 256 Å². The third kappa shape index (κ3) is 18.6. The molecule has 2 fully saturated rings. The van der Waals surface area contributed by atoms with Crippen LogP contribution in [0.4, 0.5) is 14.9 Å². The van der Waals surface area contributed by atoms with Crippen molar-refractivity contribution in [3.63, 3.8) is 0 Å². The van der Waals surface area contributed by atoms with Crippen LogP contribution in [0.25, 0.3) is 10.9 Å². The summed E-state index contributed by atoms with van der Waals surface area (Å²) >= 11 is 3.04. The zero-order valence-electron chi connectivity index (χ0n) is 41.4. The Balaban J connectivity index is 0.000000502. The van der Waals surface area contributed by atoms with Crippen molar-refractivity contribution in [2.75, 3.05) is 89.3 Å². The van der Waals surface area contributed by atoms with Crippen LogP contribution in [0.3, 0.4) is 0 Å². The summed E-state index contributed by atoms with van der Waals surface area (Å²) in [5.41, 5.74) is -0.170. The molecule has 4 rings (SSSR count). The number of amides is 1. The van der Waals surface area contributed by atoms with Crippen molar-refractivity contribution >= 4 is 86.7 Å². The summed E-state index contributed by atoms with van der Waals surface area (Å²) in [5, 5.41) is -1.06. The molecule has 1 saturated heterocycles. The highest BCUT2D eigenvalue weighted by atomic mass is 79.9. The lowest BCUT2D eigenvalue weighted by Gasteiger charge is -2.35. The molecule has 1 amide bonds. The minimum absolute atomic E-state index is 0.0417. The van der Waals surface area contributed by atoms with Crippen LogP contribution in [0.2, 0.25) is 0 Å². The molecule has 0 N–H and O–H groups in total. The number of hydrogen-bond acceptors (Lipinski definition) is 19. The van der Waals surface area contributed by atoms with Crippen LogP contribution >= 0.6 is 46.6 Å². The molecule has 21 nitrogen and oxygen atoms in total. The van der Waals surface area contributed by atoms with E-state index in [0.29, 0.717) is 30.7 Å². The molecule has 0 spiro atoms. The molecule has 27 heteroatoms. The SMILES string of the molecule is CCOP(=O)(OCC)C(CC(=O)CBr)P(=O)(OCC)OCC.CCOP(=O)(OCC)C(CC)CC(=O)COC(=O)N1CCN(c2cc3c(cc2F)c(=O)c(C(C)=O)cn3C2CC2)CC1.CCOP(=O)=O. The summed E-state index contributed by atoms with van der Waals surface area (Å²) in [6, 6.07) is 3.01. The zero-order valence-corrected chi connectivity index (χ0v) is 46.6. The summed E-state index contributed by atoms with van der Waals surface area (Å²) in [6.07, 6.45) is 2.78. The number of benzene rings is 1. The Morgan fingerprint density at radius 1 is 0.743 bits per heavy atom. The van der Waals surface area contributed by atoms with Crippen molar-refractivity contribution in [2.24, 2.45) is 0 Å². The second-order valence-electron chi connectivity index (χ2n) is 15.3. The fraction of sp³-hybridized carbons (Fsp3) is 0.698. The molecule has 1 aromatic heterocycles. The highest BCUT2D eigenvalue weighted by molar-refractivity contribution is 9.09. The van der Waals surface area contributed by atoms with Crippen LogP contribution in [0.1, 0.15) is 111 Å². The Kier molecular flexibility index (Phi) is 28.1. The first-order chi connectivity index (χ1) is 33.1. The Hall–Kier alpha value is -2.77. The molecular formula is C43H69BrFN3O18P4. The van der Waals surface area contributed by atoms with E-state index in [0.717, 1.165) is 12.8 Å². The third-order valence-corrected chi connectivity index (χ3v) is 20.2. The van der Waals surface area contributed by atoms with Crippen LogP contribution < -0.4 is 10.3 Å². The van der Waals surface area contributed by atoms with Crippen molar-refractivity contribution in [1.29, 1.82) is 0 Å². The maximum absolute atomic E-state index is 15.3. The van der Waals surface area contributed by atoms with Gasteiger partial charge in [-0.1, -0.05) is 22.9 Å². The minimum atomic E-state index is -3.83. The molecular weight excluding hydrogens is 1070 g/mol. The monoisotopic (exact) mass is 1140 g/mol. The number of piperazine rings is 1. The molecule has 1 atom stereocenters. The van der Waals surface area contributed by atoms with Gasteiger partial charge in [-0.15, -0.1) is 0 Å². The predicted molar refractivity (Wildman–Crippen MR) is 265 cm³/mol. The van der Waals surface area contributed by atoms with E-state index in [-0.39, 0.29) is 112 Å². The average molecular weight is 1140 g/mol. The summed E-state index contributed by atoms with van der Waals surface area (Å²) in [4.78, 5) is 65.3. The molecule has 0 bridgehead atoms. The van der Waals surface area contributed by atoms with Gasteiger partial charge in [-0.3, -0.25) is 37.4 Å². The lowest BCUT2D eigenvalue weighted by Crippen LogP contribution is -2.49. The number of hydrogen-bond donors (Lipinski definition) is 0. The van der Waals surface area contributed by atoms with Crippen molar-refractivity contribution < 1.29 is 82.8 Å². The molecule has 2 heterocycles. The number of carbonyl (C=O) groups excluding carboxylic acids is 4. The quantitative estimate of drug-likeness (QED) is 0.0436. The van der Waals surface area contributed by atoms with Crippen LogP contribution in [0.5, 0.6) is 0 Å². The van der Waals surface area contributed by atoms with Gasteiger partial charge in [0.1, 0.15) is 11.6 Å².